The van der Waals surface area contributed by atoms with Gasteiger partial charge in [0.25, 0.3) is 0 Å². The van der Waals surface area contributed by atoms with Gasteiger partial charge in [-0.15, -0.1) is 0 Å². The lowest BCUT2D eigenvalue weighted by Crippen LogP contribution is -1.81. The van der Waals surface area contributed by atoms with Gasteiger partial charge in [-0.3, -0.25) is 4.21 Å². The number of fused-ring (bicyclic) bond motifs is 1. The average Bonchev–Trinajstić information content (AvgIpc) is 2.43. The van der Waals surface area contributed by atoms with Crippen LogP contribution in [0.3, 0.4) is 0 Å². The van der Waals surface area contributed by atoms with Crippen molar-refractivity contribution in [2.24, 2.45) is 0 Å². The van der Waals surface area contributed by atoms with E-state index in [0.29, 0.717) is 0 Å². The molecule has 0 radical (unpaired) electrons. The molecule has 0 aliphatic heterocycles. The van der Waals surface area contributed by atoms with Gasteiger partial charge in [-0.25, -0.2) is 0 Å². The zero-order valence-electron chi connectivity index (χ0n) is 5.05. The number of hydrogen-bond donors (Lipinski definition) is 0. The van der Waals surface area contributed by atoms with Crippen molar-refractivity contribution in [2.45, 2.75) is 4.90 Å². The summed E-state index contributed by atoms with van der Waals surface area (Å²) in [6.45, 7) is 0. The highest BCUT2D eigenvalue weighted by atomic mass is 32.2. The SMILES string of the molecule is CS(=O)c1ccc2cc1-2. The van der Waals surface area contributed by atoms with Gasteiger partial charge in [-0.2, -0.15) is 0 Å². The highest BCUT2D eigenvalue weighted by molar-refractivity contribution is 7.84. The van der Waals surface area contributed by atoms with Gasteiger partial charge >= 0.3 is 0 Å². The molecular formula is C7H6OS. The van der Waals surface area contributed by atoms with E-state index in [1.165, 1.54) is 11.1 Å². The zero-order chi connectivity index (χ0) is 6.43. The molecule has 2 aliphatic carbocycles. The van der Waals surface area contributed by atoms with Crippen LogP contribution in [0.25, 0.3) is 11.1 Å². The van der Waals surface area contributed by atoms with Crippen molar-refractivity contribution in [1.29, 1.82) is 0 Å². The molecule has 0 heterocycles. The van der Waals surface area contributed by atoms with E-state index in [9.17, 15) is 4.21 Å². The minimum absolute atomic E-state index is 0.789. The van der Waals surface area contributed by atoms with Gasteiger partial charge in [0.15, 0.2) is 0 Å². The predicted molar refractivity (Wildman–Crippen MR) is 37.8 cm³/mol. The number of rotatable bonds is 1. The Hall–Kier alpha value is -0.630. The first-order valence-corrected chi connectivity index (χ1v) is 4.33. The summed E-state index contributed by atoms with van der Waals surface area (Å²) in [5, 5.41) is 0. The summed E-state index contributed by atoms with van der Waals surface area (Å²) in [6, 6.07) is 5.99. The summed E-state index contributed by atoms with van der Waals surface area (Å²) in [4.78, 5) is 0.991. The maximum Gasteiger partial charge on any atom is 0.0504 e. The molecule has 1 unspecified atom stereocenters. The molecule has 2 rings (SSSR count). The minimum Gasteiger partial charge on any atom is -0.255 e. The summed E-state index contributed by atoms with van der Waals surface area (Å²) in [5.41, 5.74) is 2.47. The van der Waals surface area contributed by atoms with E-state index in [1.807, 2.05) is 12.1 Å². The van der Waals surface area contributed by atoms with Crippen molar-refractivity contribution in [3.63, 3.8) is 0 Å². The van der Waals surface area contributed by atoms with Gasteiger partial charge in [0.1, 0.15) is 0 Å². The molecule has 0 aromatic carbocycles. The van der Waals surface area contributed by atoms with Crippen molar-refractivity contribution in [3.05, 3.63) is 18.2 Å². The van der Waals surface area contributed by atoms with Crippen molar-refractivity contribution in [3.8, 4) is 11.1 Å². The van der Waals surface area contributed by atoms with Crippen molar-refractivity contribution in [2.75, 3.05) is 6.26 Å². The zero-order valence-corrected chi connectivity index (χ0v) is 5.87. The molecule has 2 heteroatoms. The normalized spacial score (nSPS) is 15.2. The van der Waals surface area contributed by atoms with E-state index in [2.05, 4.69) is 6.07 Å². The summed E-state index contributed by atoms with van der Waals surface area (Å²) in [6.07, 6.45) is 1.71. The van der Waals surface area contributed by atoms with Crippen LogP contribution in [0.5, 0.6) is 0 Å². The van der Waals surface area contributed by atoms with Gasteiger partial charge in [0.2, 0.25) is 0 Å². The highest BCUT2D eigenvalue weighted by Crippen LogP contribution is 2.39. The van der Waals surface area contributed by atoms with Crippen LogP contribution in [-0.4, -0.2) is 10.5 Å². The van der Waals surface area contributed by atoms with Crippen LogP contribution < -0.4 is 0 Å². The second kappa shape index (κ2) is 1.45. The fraction of sp³-hybridized carbons (Fsp3) is 0.143. The maximum absolute atomic E-state index is 10.9. The van der Waals surface area contributed by atoms with E-state index >= 15 is 0 Å². The molecule has 0 N–H and O–H groups in total. The highest BCUT2D eigenvalue weighted by Gasteiger charge is 2.18. The number of hydrogen-bond acceptors (Lipinski definition) is 1. The van der Waals surface area contributed by atoms with Crippen LogP contribution in [0, 0.1) is 0 Å². The van der Waals surface area contributed by atoms with Crippen LogP contribution >= 0.6 is 0 Å². The molecule has 0 spiro atoms. The van der Waals surface area contributed by atoms with E-state index in [1.54, 1.807) is 6.26 Å². The molecule has 0 aromatic rings. The van der Waals surface area contributed by atoms with Gasteiger partial charge in [0, 0.05) is 11.2 Å². The van der Waals surface area contributed by atoms with Crippen LogP contribution in [0.4, 0.5) is 0 Å². The predicted octanol–water partition coefficient (Wildman–Crippen LogP) is 1.40. The standard InChI is InChI=1S/C7H6OS/c1-9(8)7-3-2-5-4-6(5)7/h2-4H,1H3. The smallest absolute Gasteiger partial charge is 0.0504 e. The van der Waals surface area contributed by atoms with Crippen molar-refractivity contribution < 1.29 is 4.21 Å². The average molecular weight is 138 g/mol. The summed E-state index contributed by atoms with van der Waals surface area (Å²) in [5.74, 6) is 0. The van der Waals surface area contributed by atoms with Gasteiger partial charge < -0.3 is 0 Å². The lowest BCUT2D eigenvalue weighted by atomic mass is 10.5. The molecule has 0 amide bonds. The third kappa shape index (κ3) is 0.630. The Morgan fingerprint density at radius 3 is 2.44 bits per heavy atom. The molecule has 0 fully saturated rings. The Labute approximate surface area is 56.2 Å². The molecular weight excluding hydrogens is 132 g/mol. The maximum atomic E-state index is 10.9. The summed E-state index contributed by atoms with van der Waals surface area (Å²) >= 11 is 0. The molecule has 1 atom stereocenters. The Kier molecular flexibility index (Phi) is 0.833. The monoisotopic (exact) mass is 138 g/mol. The second-order valence-electron chi connectivity index (χ2n) is 2.17. The largest absolute Gasteiger partial charge is 0.255 e. The van der Waals surface area contributed by atoms with Gasteiger partial charge in [-0.1, -0.05) is 6.07 Å². The van der Waals surface area contributed by atoms with Crippen LogP contribution in [0.2, 0.25) is 0 Å². The molecule has 1 nitrogen and oxygen atoms in total. The third-order valence-electron chi connectivity index (χ3n) is 1.52. The van der Waals surface area contributed by atoms with Crippen LogP contribution in [0.15, 0.2) is 23.1 Å². The van der Waals surface area contributed by atoms with E-state index < -0.39 is 10.8 Å². The molecule has 0 saturated carbocycles. The van der Waals surface area contributed by atoms with Crippen molar-refractivity contribution in [1.82, 2.24) is 0 Å². The van der Waals surface area contributed by atoms with Crippen LogP contribution in [-0.2, 0) is 10.8 Å². The fourth-order valence-corrected chi connectivity index (χ4v) is 1.72. The number of benzene rings is 1. The lowest BCUT2D eigenvalue weighted by Gasteiger charge is -1.85. The Balaban J connectivity index is 2.53. The molecule has 0 saturated heterocycles. The topological polar surface area (TPSA) is 17.1 Å². The molecule has 0 bridgehead atoms. The first kappa shape index (κ1) is 5.18. The van der Waals surface area contributed by atoms with Gasteiger partial charge in [-0.05, 0) is 23.3 Å². The minimum atomic E-state index is -0.789. The van der Waals surface area contributed by atoms with E-state index in [4.69, 9.17) is 0 Å². The Morgan fingerprint density at radius 2 is 2.22 bits per heavy atom. The first-order chi connectivity index (χ1) is 4.29. The molecule has 0 aromatic heterocycles. The van der Waals surface area contributed by atoms with Gasteiger partial charge in [0.05, 0.1) is 10.8 Å². The van der Waals surface area contributed by atoms with E-state index in [-0.39, 0.29) is 0 Å². The van der Waals surface area contributed by atoms with E-state index in [0.717, 1.165) is 4.90 Å². The Morgan fingerprint density at radius 1 is 1.44 bits per heavy atom. The Bertz CT molecular complexity index is 291. The first-order valence-electron chi connectivity index (χ1n) is 2.77. The molecule has 2 aliphatic rings. The molecule has 9 heavy (non-hydrogen) atoms. The second-order valence-corrected chi connectivity index (χ2v) is 3.51. The summed E-state index contributed by atoms with van der Waals surface area (Å²) < 4.78 is 10.9. The lowest BCUT2D eigenvalue weighted by molar-refractivity contribution is 0.687. The fourth-order valence-electron chi connectivity index (χ4n) is 0.977. The quantitative estimate of drug-likeness (QED) is 0.582. The van der Waals surface area contributed by atoms with Crippen molar-refractivity contribution >= 4 is 10.8 Å². The summed E-state index contributed by atoms with van der Waals surface area (Å²) in [7, 11) is -0.789. The van der Waals surface area contributed by atoms with Crippen LogP contribution in [0.1, 0.15) is 0 Å². The molecule has 46 valence electrons. The third-order valence-corrected chi connectivity index (χ3v) is 2.49.